The molecule has 2 aliphatic heterocycles. The van der Waals surface area contributed by atoms with E-state index < -0.39 is 11.9 Å². The SMILES string of the molecule is CCN1CCC(N2C=C([C@@H](Nc3cc(Cl)c4ncc(C#N)c(Nc5ccc(F)c(Cl)c5)c4c3)c3ccc(F)cc3)NN2)CC1. The van der Waals surface area contributed by atoms with Crippen LogP contribution in [-0.4, -0.2) is 40.6 Å². The molecule has 0 spiro atoms. The Morgan fingerprint density at radius 1 is 1.05 bits per heavy atom. The molecule has 0 aliphatic carbocycles. The lowest BCUT2D eigenvalue weighted by molar-refractivity contribution is 0.112. The minimum absolute atomic E-state index is 0.0506. The van der Waals surface area contributed by atoms with E-state index in [4.69, 9.17) is 23.2 Å². The normalized spacial score (nSPS) is 16.4. The molecule has 0 saturated carbocycles. The zero-order valence-corrected chi connectivity index (χ0v) is 25.4. The van der Waals surface area contributed by atoms with Gasteiger partial charge in [0.15, 0.2) is 0 Å². The molecule has 0 radical (unpaired) electrons. The highest BCUT2D eigenvalue weighted by Gasteiger charge is 2.29. The molecule has 3 aromatic carbocycles. The lowest BCUT2D eigenvalue weighted by Gasteiger charge is -2.35. The van der Waals surface area contributed by atoms with E-state index in [1.165, 1.54) is 36.5 Å². The van der Waals surface area contributed by atoms with Gasteiger partial charge in [-0.05, 0) is 67.4 Å². The monoisotopic (exact) mass is 634 g/mol. The molecule has 226 valence electrons. The van der Waals surface area contributed by atoms with Crippen molar-refractivity contribution in [1.82, 2.24) is 25.9 Å². The van der Waals surface area contributed by atoms with Gasteiger partial charge in [0.25, 0.3) is 0 Å². The molecule has 1 saturated heterocycles. The summed E-state index contributed by atoms with van der Waals surface area (Å²) in [5.41, 5.74) is 10.6. The number of likely N-dealkylation sites (tertiary alicyclic amines) is 1. The highest BCUT2D eigenvalue weighted by atomic mass is 35.5. The van der Waals surface area contributed by atoms with Crippen molar-refractivity contribution in [2.24, 2.45) is 0 Å². The van der Waals surface area contributed by atoms with Crippen molar-refractivity contribution in [1.29, 1.82) is 5.26 Å². The van der Waals surface area contributed by atoms with Crippen LogP contribution in [0.1, 0.15) is 36.9 Å². The first kappa shape index (κ1) is 29.9. The summed E-state index contributed by atoms with van der Waals surface area (Å²) < 4.78 is 27.8. The van der Waals surface area contributed by atoms with Crippen molar-refractivity contribution in [3.05, 3.63) is 105 Å². The lowest BCUT2D eigenvalue weighted by atomic mass is 10.0. The van der Waals surface area contributed by atoms with Gasteiger partial charge in [0, 0.05) is 48.3 Å². The van der Waals surface area contributed by atoms with Crippen molar-refractivity contribution in [3.8, 4) is 6.07 Å². The second-order valence-corrected chi connectivity index (χ2v) is 11.6. The molecule has 1 fully saturated rings. The molecule has 6 rings (SSSR count). The fourth-order valence-electron chi connectivity index (χ4n) is 5.64. The molecule has 44 heavy (non-hydrogen) atoms. The van der Waals surface area contributed by atoms with Gasteiger partial charge < -0.3 is 21.0 Å². The van der Waals surface area contributed by atoms with Crippen LogP contribution in [0.2, 0.25) is 10.0 Å². The molecule has 1 aromatic heterocycles. The molecule has 0 amide bonds. The number of hydrazine groups is 2. The Morgan fingerprint density at radius 3 is 2.50 bits per heavy atom. The number of piperidine rings is 1. The molecule has 12 heteroatoms. The molecule has 3 heterocycles. The average molecular weight is 636 g/mol. The van der Waals surface area contributed by atoms with Crippen LogP contribution in [0.4, 0.5) is 25.8 Å². The van der Waals surface area contributed by atoms with Gasteiger partial charge in [0.1, 0.15) is 17.7 Å². The minimum atomic E-state index is -0.548. The number of pyridine rings is 1. The van der Waals surface area contributed by atoms with Crippen LogP contribution in [-0.2, 0) is 0 Å². The topological polar surface area (TPSA) is 91.3 Å². The highest BCUT2D eigenvalue weighted by Crippen LogP contribution is 2.37. The number of anilines is 3. The Hall–Kier alpha value is -4.14. The number of nitriles is 1. The van der Waals surface area contributed by atoms with E-state index in [9.17, 15) is 14.0 Å². The van der Waals surface area contributed by atoms with Crippen LogP contribution in [0.15, 0.2) is 72.7 Å². The van der Waals surface area contributed by atoms with Gasteiger partial charge in [-0.3, -0.25) is 9.99 Å². The summed E-state index contributed by atoms with van der Waals surface area (Å²) in [6.45, 7) is 5.30. The number of fused-ring (bicyclic) bond motifs is 1. The molecule has 2 aliphatic rings. The summed E-state index contributed by atoms with van der Waals surface area (Å²) >= 11 is 12.8. The van der Waals surface area contributed by atoms with Crippen molar-refractivity contribution < 1.29 is 8.78 Å². The summed E-state index contributed by atoms with van der Waals surface area (Å²) in [6.07, 6.45) is 5.56. The summed E-state index contributed by atoms with van der Waals surface area (Å²) in [5, 5.41) is 19.6. The van der Waals surface area contributed by atoms with Gasteiger partial charge in [-0.15, -0.1) is 5.53 Å². The van der Waals surface area contributed by atoms with Crippen molar-refractivity contribution >= 4 is 51.2 Å². The summed E-state index contributed by atoms with van der Waals surface area (Å²) in [5.74, 6) is -0.878. The summed E-state index contributed by atoms with van der Waals surface area (Å²) in [7, 11) is 0. The molecule has 4 aromatic rings. The number of hydrogen-bond acceptors (Lipinski definition) is 8. The van der Waals surface area contributed by atoms with Crippen LogP contribution < -0.4 is 21.6 Å². The van der Waals surface area contributed by atoms with Gasteiger partial charge in [0.05, 0.1) is 38.6 Å². The Bertz CT molecular complexity index is 1750. The van der Waals surface area contributed by atoms with E-state index >= 15 is 0 Å². The molecule has 4 N–H and O–H groups in total. The molecular formula is C32H30Cl2F2N8. The fraction of sp³-hybridized carbons (Fsp3) is 0.250. The third-order valence-electron chi connectivity index (χ3n) is 8.06. The van der Waals surface area contributed by atoms with Gasteiger partial charge in [-0.2, -0.15) is 5.26 Å². The second kappa shape index (κ2) is 12.8. The first-order valence-corrected chi connectivity index (χ1v) is 15.1. The number of hydrogen-bond donors (Lipinski definition) is 4. The predicted molar refractivity (Wildman–Crippen MR) is 170 cm³/mol. The first-order chi connectivity index (χ1) is 21.3. The molecule has 1 atom stereocenters. The van der Waals surface area contributed by atoms with Crippen molar-refractivity contribution in [3.63, 3.8) is 0 Å². The zero-order chi connectivity index (χ0) is 30.8. The number of aromatic nitrogens is 1. The quantitative estimate of drug-likeness (QED) is 0.161. The lowest BCUT2D eigenvalue weighted by Crippen LogP contribution is -2.48. The fourth-order valence-corrected chi connectivity index (χ4v) is 6.09. The number of benzene rings is 3. The summed E-state index contributed by atoms with van der Waals surface area (Å²) in [6, 6.07) is 16.3. The Kier molecular flexibility index (Phi) is 8.73. The first-order valence-electron chi connectivity index (χ1n) is 14.3. The molecule has 8 nitrogen and oxygen atoms in total. The number of halogens is 4. The van der Waals surface area contributed by atoms with E-state index in [0.717, 1.165) is 43.7 Å². The van der Waals surface area contributed by atoms with Crippen molar-refractivity contribution in [2.75, 3.05) is 30.3 Å². The predicted octanol–water partition coefficient (Wildman–Crippen LogP) is 7.24. The molecule has 0 unspecified atom stereocenters. The number of nitrogens with zero attached hydrogens (tertiary/aromatic N) is 4. The standard InChI is InChI=1S/C32H30Cl2F2N8/c1-2-43-11-9-24(10-12-43)44-18-29(41-42-44)31(19-3-5-21(35)6-4-19)40-23-13-25-30(39-22-7-8-28(36)26(33)14-22)20(16-37)17-38-32(25)27(34)15-23/h3-8,13-15,17-18,24,31,40-42H,2,9-12H2,1H3,(H,38,39)/t31-/m0/s1. The largest absolute Gasteiger partial charge is 0.373 e. The van der Waals surface area contributed by atoms with E-state index in [1.54, 1.807) is 18.2 Å². The van der Waals surface area contributed by atoms with Crippen molar-refractivity contribution in [2.45, 2.75) is 31.8 Å². The maximum atomic E-state index is 13.9. The Morgan fingerprint density at radius 2 is 1.80 bits per heavy atom. The van der Waals surface area contributed by atoms with E-state index in [-0.39, 0.29) is 16.4 Å². The van der Waals surface area contributed by atoms with E-state index in [2.05, 4.69) is 55.7 Å². The smallest absolute Gasteiger partial charge is 0.141 e. The van der Waals surface area contributed by atoms with Crippen LogP contribution in [0.3, 0.4) is 0 Å². The van der Waals surface area contributed by atoms with Gasteiger partial charge in [0.2, 0.25) is 0 Å². The number of nitrogens with one attached hydrogen (secondary N) is 4. The minimum Gasteiger partial charge on any atom is -0.373 e. The average Bonchev–Trinajstić information content (AvgIpc) is 3.52. The molecular weight excluding hydrogens is 605 g/mol. The highest BCUT2D eigenvalue weighted by molar-refractivity contribution is 6.36. The number of rotatable bonds is 8. The van der Waals surface area contributed by atoms with Crippen LogP contribution in [0, 0.1) is 23.0 Å². The third-order valence-corrected chi connectivity index (χ3v) is 8.64. The Labute approximate surface area is 264 Å². The second-order valence-electron chi connectivity index (χ2n) is 10.8. The van der Waals surface area contributed by atoms with Crippen LogP contribution in [0.5, 0.6) is 0 Å². The van der Waals surface area contributed by atoms with E-state index in [0.29, 0.717) is 39.0 Å². The van der Waals surface area contributed by atoms with Gasteiger partial charge in [-0.25, -0.2) is 8.78 Å². The molecule has 0 bridgehead atoms. The zero-order valence-electron chi connectivity index (χ0n) is 23.8. The third kappa shape index (κ3) is 6.23. The van der Waals surface area contributed by atoms with E-state index in [1.807, 2.05) is 6.07 Å². The van der Waals surface area contributed by atoms with Crippen LogP contribution in [0.25, 0.3) is 10.9 Å². The van der Waals surface area contributed by atoms with Gasteiger partial charge >= 0.3 is 0 Å². The van der Waals surface area contributed by atoms with Crippen LogP contribution >= 0.6 is 23.2 Å². The van der Waals surface area contributed by atoms with Gasteiger partial charge in [-0.1, -0.05) is 42.3 Å². The summed E-state index contributed by atoms with van der Waals surface area (Å²) in [4.78, 5) is 6.87. The maximum Gasteiger partial charge on any atom is 0.141 e. The Balaban J connectivity index is 1.36. The maximum absolute atomic E-state index is 13.9.